The van der Waals surface area contributed by atoms with E-state index < -0.39 is 0 Å². The first kappa shape index (κ1) is 14.8. The molecule has 108 valence electrons. The normalized spacial score (nSPS) is 9.76. The molecule has 0 saturated heterocycles. The van der Waals surface area contributed by atoms with Crippen LogP contribution in [-0.4, -0.2) is 18.1 Å². The van der Waals surface area contributed by atoms with Crippen LogP contribution in [0.1, 0.15) is 10.4 Å². The molecule has 5 nitrogen and oxygen atoms in total. The third-order valence-corrected chi connectivity index (χ3v) is 2.95. The minimum Gasteiger partial charge on any atom is -0.497 e. The molecule has 0 aromatic heterocycles. The minimum absolute atomic E-state index is 0.223. The van der Waals surface area contributed by atoms with Crippen molar-refractivity contribution < 1.29 is 9.53 Å². The number of nitrogen functional groups attached to an aromatic ring is 1. The Morgan fingerprint density at radius 2 is 1.71 bits per heavy atom. The van der Waals surface area contributed by atoms with E-state index in [2.05, 4.69) is 10.6 Å². The average molecular weight is 301 g/mol. The third-order valence-electron chi connectivity index (χ3n) is 2.75. The molecule has 0 bridgehead atoms. The van der Waals surface area contributed by atoms with Gasteiger partial charge in [-0.05, 0) is 60.7 Å². The van der Waals surface area contributed by atoms with Gasteiger partial charge in [0.05, 0.1) is 7.11 Å². The highest BCUT2D eigenvalue weighted by Crippen LogP contribution is 2.12. The summed E-state index contributed by atoms with van der Waals surface area (Å²) in [7, 11) is 1.57. The molecule has 4 N–H and O–H groups in total. The quantitative estimate of drug-likeness (QED) is 0.599. The van der Waals surface area contributed by atoms with E-state index in [1.165, 1.54) is 0 Å². The third kappa shape index (κ3) is 4.19. The molecule has 0 aliphatic heterocycles. The van der Waals surface area contributed by atoms with Gasteiger partial charge in [0.25, 0.3) is 5.91 Å². The standard InChI is InChI=1S/C15H15N3O2S/c1-20-13-8-2-10(3-9-13)14(19)18-15(21)17-12-6-4-11(16)5-7-12/h2-9H,16H2,1H3,(H2,17,18,19,21). The summed E-state index contributed by atoms with van der Waals surface area (Å²) in [4.78, 5) is 12.0. The minimum atomic E-state index is -0.286. The maximum Gasteiger partial charge on any atom is 0.257 e. The second kappa shape index (κ2) is 6.71. The molecule has 0 fully saturated rings. The maximum atomic E-state index is 12.0. The smallest absolute Gasteiger partial charge is 0.257 e. The van der Waals surface area contributed by atoms with Gasteiger partial charge in [0, 0.05) is 16.9 Å². The highest BCUT2D eigenvalue weighted by atomic mass is 32.1. The SMILES string of the molecule is COc1ccc(C(=O)NC(=S)Nc2ccc(N)cc2)cc1. The lowest BCUT2D eigenvalue weighted by Crippen LogP contribution is -2.34. The Morgan fingerprint density at radius 3 is 2.29 bits per heavy atom. The van der Waals surface area contributed by atoms with Crippen molar-refractivity contribution in [2.75, 3.05) is 18.2 Å². The van der Waals surface area contributed by atoms with Gasteiger partial charge in [-0.2, -0.15) is 0 Å². The molecular weight excluding hydrogens is 286 g/mol. The lowest BCUT2D eigenvalue weighted by atomic mass is 10.2. The summed E-state index contributed by atoms with van der Waals surface area (Å²) in [6.07, 6.45) is 0. The second-order valence-electron chi connectivity index (χ2n) is 4.26. The Hall–Kier alpha value is -2.60. The zero-order chi connectivity index (χ0) is 15.2. The first-order valence-electron chi connectivity index (χ1n) is 6.20. The molecule has 0 unspecified atom stereocenters. The molecule has 0 radical (unpaired) electrons. The number of thiocarbonyl (C=S) groups is 1. The Bertz CT molecular complexity index is 639. The highest BCUT2D eigenvalue weighted by Gasteiger charge is 2.08. The van der Waals surface area contributed by atoms with Gasteiger partial charge in [-0.3, -0.25) is 10.1 Å². The molecule has 2 rings (SSSR count). The van der Waals surface area contributed by atoms with Crippen LogP contribution in [0.3, 0.4) is 0 Å². The van der Waals surface area contributed by atoms with Gasteiger partial charge < -0.3 is 15.8 Å². The van der Waals surface area contributed by atoms with E-state index in [0.29, 0.717) is 17.0 Å². The fraction of sp³-hybridized carbons (Fsp3) is 0.0667. The van der Waals surface area contributed by atoms with Crippen molar-refractivity contribution in [3.05, 3.63) is 54.1 Å². The van der Waals surface area contributed by atoms with Crippen LogP contribution in [0.4, 0.5) is 11.4 Å². The summed E-state index contributed by atoms with van der Waals surface area (Å²) >= 11 is 5.09. The van der Waals surface area contributed by atoms with Crippen molar-refractivity contribution in [2.45, 2.75) is 0 Å². The number of benzene rings is 2. The lowest BCUT2D eigenvalue weighted by molar-refractivity contribution is 0.0977. The molecular formula is C15H15N3O2S. The van der Waals surface area contributed by atoms with Crippen LogP contribution in [0.25, 0.3) is 0 Å². The predicted molar refractivity (Wildman–Crippen MR) is 87.5 cm³/mol. The van der Waals surface area contributed by atoms with Crippen molar-refractivity contribution in [3.8, 4) is 5.75 Å². The van der Waals surface area contributed by atoms with Crippen LogP contribution in [0.2, 0.25) is 0 Å². The van der Waals surface area contributed by atoms with Crippen LogP contribution in [0, 0.1) is 0 Å². The molecule has 6 heteroatoms. The fourth-order valence-corrected chi connectivity index (χ4v) is 1.86. The summed E-state index contributed by atoms with van der Waals surface area (Å²) < 4.78 is 5.04. The second-order valence-corrected chi connectivity index (χ2v) is 4.67. The van der Waals surface area contributed by atoms with E-state index in [0.717, 1.165) is 5.69 Å². The molecule has 0 saturated carbocycles. The number of hydrogen-bond donors (Lipinski definition) is 3. The van der Waals surface area contributed by atoms with Gasteiger partial charge in [-0.1, -0.05) is 0 Å². The van der Waals surface area contributed by atoms with Crippen LogP contribution in [0.5, 0.6) is 5.75 Å². The van der Waals surface area contributed by atoms with Crippen LogP contribution >= 0.6 is 12.2 Å². The number of rotatable bonds is 3. The highest BCUT2D eigenvalue weighted by molar-refractivity contribution is 7.80. The monoisotopic (exact) mass is 301 g/mol. The first-order valence-corrected chi connectivity index (χ1v) is 6.61. The van der Waals surface area contributed by atoms with E-state index in [4.69, 9.17) is 22.7 Å². The predicted octanol–water partition coefficient (Wildman–Crippen LogP) is 2.40. The number of anilines is 2. The molecule has 1 amide bonds. The van der Waals surface area contributed by atoms with Crippen molar-refractivity contribution in [1.82, 2.24) is 5.32 Å². The fourth-order valence-electron chi connectivity index (χ4n) is 1.65. The van der Waals surface area contributed by atoms with Gasteiger partial charge in [0.1, 0.15) is 5.75 Å². The zero-order valence-electron chi connectivity index (χ0n) is 11.4. The number of nitrogens with two attached hydrogens (primary N) is 1. The molecule has 0 atom stereocenters. The van der Waals surface area contributed by atoms with Crippen molar-refractivity contribution in [1.29, 1.82) is 0 Å². The average Bonchev–Trinajstić information content (AvgIpc) is 2.49. The Kier molecular flexibility index (Phi) is 4.73. The largest absolute Gasteiger partial charge is 0.497 e. The van der Waals surface area contributed by atoms with Gasteiger partial charge in [0.15, 0.2) is 5.11 Å². The van der Waals surface area contributed by atoms with Crippen LogP contribution in [0.15, 0.2) is 48.5 Å². The molecule has 0 spiro atoms. The van der Waals surface area contributed by atoms with E-state index in [1.54, 1.807) is 55.6 Å². The van der Waals surface area contributed by atoms with Gasteiger partial charge in [-0.15, -0.1) is 0 Å². The number of methoxy groups -OCH3 is 1. The van der Waals surface area contributed by atoms with E-state index in [9.17, 15) is 4.79 Å². The van der Waals surface area contributed by atoms with Gasteiger partial charge in [0.2, 0.25) is 0 Å². The molecule has 2 aromatic rings. The van der Waals surface area contributed by atoms with Crippen molar-refractivity contribution in [3.63, 3.8) is 0 Å². The van der Waals surface area contributed by atoms with E-state index in [1.807, 2.05) is 0 Å². The van der Waals surface area contributed by atoms with Crippen LogP contribution in [-0.2, 0) is 0 Å². The number of carbonyl (C=O) groups excluding carboxylic acids is 1. The number of amides is 1. The summed E-state index contributed by atoms with van der Waals surface area (Å²) in [6.45, 7) is 0. The summed E-state index contributed by atoms with van der Waals surface area (Å²) in [5.74, 6) is 0.403. The van der Waals surface area contributed by atoms with E-state index in [-0.39, 0.29) is 11.0 Å². The lowest BCUT2D eigenvalue weighted by Gasteiger charge is -2.10. The number of carbonyl (C=O) groups is 1. The number of nitrogens with one attached hydrogen (secondary N) is 2. The first-order chi connectivity index (χ1) is 10.1. The van der Waals surface area contributed by atoms with Gasteiger partial charge in [-0.25, -0.2) is 0 Å². The summed E-state index contributed by atoms with van der Waals surface area (Å²) in [6, 6.07) is 13.8. The topological polar surface area (TPSA) is 76.4 Å². The summed E-state index contributed by atoms with van der Waals surface area (Å²) in [5.41, 5.74) is 7.51. The Balaban J connectivity index is 1.95. The Labute approximate surface area is 128 Å². The molecule has 0 heterocycles. The number of ether oxygens (including phenoxy) is 1. The van der Waals surface area contributed by atoms with Crippen molar-refractivity contribution >= 4 is 34.6 Å². The molecule has 0 aliphatic carbocycles. The molecule has 0 aliphatic rings. The van der Waals surface area contributed by atoms with Gasteiger partial charge >= 0.3 is 0 Å². The summed E-state index contributed by atoms with van der Waals surface area (Å²) in [5, 5.41) is 5.74. The zero-order valence-corrected chi connectivity index (χ0v) is 12.2. The van der Waals surface area contributed by atoms with E-state index >= 15 is 0 Å². The van der Waals surface area contributed by atoms with Crippen molar-refractivity contribution in [2.24, 2.45) is 0 Å². The Morgan fingerprint density at radius 1 is 1.10 bits per heavy atom. The molecule has 2 aromatic carbocycles. The maximum absolute atomic E-state index is 12.0. The van der Waals surface area contributed by atoms with Crippen LogP contribution < -0.4 is 21.1 Å². The number of hydrogen-bond acceptors (Lipinski definition) is 4. The molecule has 21 heavy (non-hydrogen) atoms.